The molecule has 0 aliphatic heterocycles. The Labute approximate surface area is 147 Å². The van der Waals surface area contributed by atoms with Crippen LogP contribution in [0.5, 0.6) is 0 Å². The zero-order valence-corrected chi connectivity index (χ0v) is 16.4. The smallest absolute Gasteiger partial charge is 0.211 e. The molecule has 0 aromatic heterocycles. The second-order valence-corrected chi connectivity index (χ2v) is 10.7. The molecule has 0 saturated carbocycles. The van der Waals surface area contributed by atoms with Gasteiger partial charge in [0.25, 0.3) is 0 Å². The fourth-order valence-corrected chi connectivity index (χ4v) is 8.26. The lowest BCUT2D eigenvalue weighted by Crippen LogP contribution is -2.56. The summed E-state index contributed by atoms with van der Waals surface area (Å²) in [4.78, 5) is 3.97. The highest BCUT2D eigenvalue weighted by Crippen LogP contribution is 2.41. The summed E-state index contributed by atoms with van der Waals surface area (Å²) < 4.78 is 0. The monoisotopic (exact) mass is 333 g/mol. The van der Waals surface area contributed by atoms with Crippen molar-refractivity contribution in [2.75, 3.05) is 4.98 Å². The lowest BCUT2D eigenvalue weighted by molar-refractivity contribution is 0.849. The molecule has 1 aliphatic carbocycles. The number of hydrogen-bond donors (Lipinski definition) is 1. The Morgan fingerprint density at radius 2 is 1.33 bits per heavy atom. The van der Waals surface area contributed by atoms with Crippen LogP contribution in [0.1, 0.15) is 27.7 Å². The minimum absolute atomic E-state index is 0.512. The van der Waals surface area contributed by atoms with E-state index in [2.05, 4.69) is 99.9 Å². The summed E-state index contributed by atoms with van der Waals surface area (Å²) in [6, 6.07) is 21.7. The molecule has 2 heteroatoms. The molecule has 1 aliphatic rings. The third kappa shape index (κ3) is 2.76. The van der Waals surface area contributed by atoms with Crippen LogP contribution in [-0.2, 0) is 0 Å². The van der Waals surface area contributed by atoms with Gasteiger partial charge in [-0.2, -0.15) is 0 Å². The standard InChI is InChI=1S/C22H27NSi/c1-16-17(2)19(4)22(18(16)3)24(5,21-14-10-7-11-15-21)23-20-12-8-6-9-13-20/h6-15,18,23H,1-5H3. The number of rotatable bonds is 4. The van der Waals surface area contributed by atoms with Crippen molar-refractivity contribution in [2.24, 2.45) is 5.92 Å². The summed E-state index contributed by atoms with van der Waals surface area (Å²) in [5.74, 6) is 0.512. The van der Waals surface area contributed by atoms with Crippen molar-refractivity contribution in [3.63, 3.8) is 0 Å². The summed E-state index contributed by atoms with van der Waals surface area (Å²) in [5.41, 5.74) is 5.70. The van der Waals surface area contributed by atoms with Crippen molar-refractivity contribution in [2.45, 2.75) is 34.2 Å². The quantitative estimate of drug-likeness (QED) is 0.736. The zero-order valence-electron chi connectivity index (χ0n) is 15.4. The van der Waals surface area contributed by atoms with E-state index in [-0.39, 0.29) is 0 Å². The van der Waals surface area contributed by atoms with E-state index in [0.29, 0.717) is 5.92 Å². The number of hydrogen-bond acceptors (Lipinski definition) is 1. The Hall–Kier alpha value is -2.06. The first-order valence-corrected chi connectivity index (χ1v) is 11.2. The highest BCUT2D eigenvalue weighted by Gasteiger charge is 2.41. The van der Waals surface area contributed by atoms with E-state index >= 15 is 0 Å². The van der Waals surface area contributed by atoms with E-state index in [1.54, 1.807) is 5.20 Å². The molecule has 2 atom stereocenters. The van der Waals surface area contributed by atoms with Crippen LogP contribution in [0.4, 0.5) is 5.69 Å². The van der Waals surface area contributed by atoms with Crippen LogP contribution in [0.2, 0.25) is 6.55 Å². The van der Waals surface area contributed by atoms with Crippen molar-refractivity contribution >= 4 is 19.1 Å². The minimum atomic E-state index is -2.06. The van der Waals surface area contributed by atoms with E-state index in [1.807, 2.05) is 0 Å². The first-order chi connectivity index (χ1) is 11.4. The number of allylic oxidation sites excluding steroid dienone is 4. The molecule has 0 spiro atoms. The first-order valence-electron chi connectivity index (χ1n) is 8.73. The molecule has 1 N–H and O–H groups in total. The van der Waals surface area contributed by atoms with E-state index < -0.39 is 8.24 Å². The van der Waals surface area contributed by atoms with Gasteiger partial charge in [-0.15, -0.1) is 0 Å². The molecule has 0 fully saturated rings. The maximum Gasteiger partial charge on any atom is 0.211 e. The Morgan fingerprint density at radius 1 is 0.792 bits per heavy atom. The maximum atomic E-state index is 3.97. The summed E-state index contributed by atoms with van der Waals surface area (Å²) in [6.07, 6.45) is 0. The Balaban J connectivity index is 2.14. The first kappa shape index (κ1) is 16.8. The van der Waals surface area contributed by atoms with Gasteiger partial charge < -0.3 is 4.98 Å². The molecule has 2 unspecified atom stereocenters. The van der Waals surface area contributed by atoms with Gasteiger partial charge in [0.2, 0.25) is 8.24 Å². The van der Waals surface area contributed by atoms with E-state index in [0.717, 1.165) is 0 Å². The average molecular weight is 334 g/mol. The Bertz CT molecular complexity index is 789. The Kier molecular flexibility index (Phi) is 4.51. The predicted molar refractivity (Wildman–Crippen MR) is 108 cm³/mol. The van der Waals surface area contributed by atoms with Gasteiger partial charge in [0.15, 0.2) is 0 Å². The largest absolute Gasteiger partial charge is 0.404 e. The molecule has 1 nitrogen and oxygen atoms in total. The molecule has 24 heavy (non-hydrogen) atoms. The number of nitrogens with one attached hydrogen (secondary N) is 1. The van der Waals surface area contributed by atoms with Gasteiger partial charge in [0, 0.05) is 5.69 Å². The van der Waals surface area contributed by atoms with Crippen LogP contribution in [-0.4, -0.2) is 8.24 Å². The zero-order chi connectivity index (χ0) is 17.3. The van der Waals surface area contributed by atoms with Crippen molar-refractivity contribution in [3.8, 4) is 0 Å². The second kappa shape index (κ2) is 6.44. The minimum Gasteiger partial charge on any atom is -0.404 e. The molecule has 124 valence electrons. The van der Waals surface area contributed by atoms with Gasteiger partial charge in [-0.1, -0.05) is 66.6 Å². The fraction of sp³-hybridized carbons (Fsp3) is 0.273. The lowest BCUT2D eigenvalue weighted by Gasteiger charge is -2.35. The van der Waals surface area contributed by atoms with Crippen LogP contribution in [0.15, 0.2) is 82.6 Å². The molecule has 0 radical (unpaired) electrons. The third-order valence-corrected chi connectivity index (χ3v) is 9.86. The van der Waals surface area contributed by atoms with Gasteiger partial charge in [-0.3, -0.25) is 0 Å². The highest BCUT2D eigenvalue weighted by molar-refractivity contribution is 6.99. The van der Waals surface area contributed by atoms with E-state index in [9.17, 15) is 0 Å². The maximum absolute atomic E-state index is 3.97. The predicted octanol–water partition coefficient (Wildman–Crippen LogP) is 5.42. The summed E-state index contributed by atoms with van der Waals surface area (Å²) in [5, 5.41) is 3.06. The molecule has 0 bridgehead atoms. The topological polar surface area (TPSA) is 12.0 Å². The van der Waals surface area contributed by atoms with Crippen LogP contribution in [0.3, 0.4) is 0 Å². The average Bonchev–Trinajstić information content (AvgIpc) is 2.80. The van der Waals surface area contributed by atoms with Crippen molar-refractivity contribution < 1.29 is 0 Å². The highest BCUT2D eigenvalue weighted by atomic mass is 28.3. The Morgan fingerprint density at radius 3 is 1.83 bits per heavy atom. The molecule has 0 saturated heterocycles. The van der Waals surface area contributed by atoms with E-state index in [4.69, 9.17) is 0 Å². The summed E-state index contributed by atoms with van der Waals surface area (Å²) in [7, 11) is -2.06. The van der Waals surface area contributed by atoms with Gasteiger partial charge >= 0.3 is 0 Å². The second-order valence-electron chi connectivity index (χ2n) is 7.05. The van der Waals surface area contributed by atoms with Crippen molar-refractivity contribution in [1.29, 1.82) is 0 Å². The summed E-state index contributed by atoms with van der Waals surface area (Å²) in [6.45, 7) is 11.7. The van der Waals surface area contributed by atoms with Crippen LogP contribution < -0.4 is 10.2 Å². The lowest BCUT2D eigenvalue weighted by atomic mass is 10.1. The molecule has 2 aromatic carbocycles. The van der Waals surface area contributed by atoms with Crippen molar-refractivity contribution in [3.05, 3.63) is 82.6 Å². The number of para-hydroxylation sites is 1. The molecule has 2 aromatic rings. The van der Waals surface area contributed by atoms with Crippen molar-refractivity contribution in [1.82, 2.24) is 0 Å². The summed E-state index contributed by atoms with van der Waals surface area (Å²) >= 11 is 0. The molecular weight excluding hydrogens is 306 g/mol. The van der Waals surface area contributed by atoms with Gasteiger partial charge in [0.05, 0.1) is 0 Å². The van der Waals surface area contributed by atoms with Gasteiger partial charge in [0.1, 0.15) is 0 Å². The van der Waals surface area contributed by atoms with E-state index in [1.165, 1.54) is 27.6 Å². The molecule has 0 amide bonds. The van der Waals surface area contributed by atoms with Crippen LogP contribution in [0, 0.1) is 5.92 Å². The molecule has 3 rings (SSSR count). The van der Waals surface area contributed by atoms with Gasteiger partial charge in [-0.05, 0) is 61.3 Å². The fourth-order valence-electron chi connectivity index (χ4n) is 4.05. The molecule has 0 heterocycles. The van der Waals surface area contributed by atoms with Gasteiger partial charge in [-0.25, -0.2) is 0 Å². The molecular formula is C22H27NSi. The normalized spacial score (nSPS) is 20.3. The van der Waals surface area contributed by atoms with Crippen LogP contribution in [0.25, 0.3) is 0 Å². The number of anilines is 1. The van der Waals surface area contributed by atoms with Crippen LogP contribution >= 0.6 is 0 Å². The number of benzene rings is 2. The SMILES string of the molecule is CC1=C(C)C(C)C([Si](C)(Nc2ccccc2)c2ccccc2)=C1C. The third-order valence-electron chi connectivity index (χ3n) is 5.70.